The number of tetrazole rings is 1. The van der Waals surface area contributed by atoms with Crippen molar-refractivity contribution in [3.8, 4) is 11.4 Å². The first-order valence-corrected chi connectivity index (χ1v) is 8.55. The van der Waals surface area contributed by atoms with Crippen molar-refractivity contribution in [3.05, 3.63) is 57.8 Å². The predicted octanol–water partition coefficient (Wildman–Crippen LogP) is 4.94. The van der Waals surface area contributed by atoms with E-state index in [-0.39, 0.29) is 17.9 Å². The Bertz CT molecular complexity index is 1020. The maximum atomic E-state index is 12.9. The van der Waals surface area contributed by atoms with Crippen LogP contribution in [0.1, 0.15) is 11.4 Å². The Kier molecular flexibility index (Phi) is 5.85. The summed E-state index contributed by atoms with van der Waals surface area (Å²) in [6, 6.07) is 7.94. The van der Waals surface area contributed by atoms with Gasteiger partial charge in [-0.3, -0.25) is 4.99 Å². The zero-order valence-corrected chi connectivity index (χ0v) is 15.8. The summed E-state index contributed by atoms with van der Waals surface area (Å²) in [7, 11) is 1.35. The second-order valence-electron chi connectivity index (χ2n) is 5.51. The first kappa shape index (κ1) is 20.1. The molecule has 1 aromatic heterocycles. The van der Waals surface area contributed by atoms with E-state index in [9.17, 15) is 13.2 Å². The number of benzene rings is 2. The summed E-state index contributed by atoms with van der Waals surface area (Å²) < 4.78 is 45.2. The van der Waals surface area contributed by atoms with Crippen molar-refractivity contribution in [1.29, 1.82) is 0 Å². The molecule has 28 heavy (non-hydrogen) atoms. The van der Waals surface area contributed by atoms with Gasteiger partial charge < -0.3 is 4.74 Å². The molecule has 0 spiro atoms. The van der Waals surface area contributed by atoms with Crippen LogP contribution in [0.2, 0.25) is 10.0 Å². The molecule has 0 unspecified atom stereocenters. The van der Waals surface area contributed by atoms with E-state index in [1.54, 1.807) is 18.2 Å². The Balaban J connectivity index is 1.85. The van der Waals surface area contributed by atoms with E-state index in [4.69, 9.17) is 27.9 Å². The summed E-state index contributed by atoms with van der Waals surface area (Å²) in [6.45, 7) is 0. The molecular weight excluding hydrogens is 418 g/mol. The normalized spacial score (nSPS) is 11.9. The van der Waals surface area contributed by atoms with Crippen LogP contribution in [0.4, 0.5) is 18.9 Å². The fourth-order valence-corrected chi connectivity index (χ4v) is 2.64. The minimum Gasteiger partial charge on any atom is -0.494 e. The van der Waals surface area contributed by atoms with Crippen LogP contribution >= 0.6 is 23.2 Å². The SMILES string of the molecule is COc1ccc(C(F)(F)F)cc1N=CCc1nnnn1-c1ccc(Cl)c(Cl)c1. The largest absolute Gasteiger partial charge is 0.494 e. The molecule has 0 amide bonds. The summed E-state index contributed by atoms with van der Waals surface area (Å²) in [4.78, 5) is 4.09. The van der Waals surface area contributed by atoms with Crippen molar-refractivity contribution in [2.75, 3.05) is 7.11 Å². The van der Waals surface area contributed by atoms with Crippen molar-refractivity contribution in [1.82, 2.24) is 20.2 Å². The van der Waals surface area contributed by atoms with Crippen molar-refractivity contribution in [2.45, 2.75) is 12.6 Å². The molecular formula is C17H12Cl2F3N5O. The zero-order valence-electron chi connectivity index (χ0n) is 14.3. The highest BCUT2D eigenvalue weighted by Crippen LogP contribution is 2.36. The van der Waals surface area contributed by atoms with Gasteiger partial charge in [0.25, 0.3) is 0 Å². The molecule has 6 nitrogen and oxygen atoms in total. The molecule has 3 rings (SSSR count). The summed E-state index contributed by atoms with van der Waals surface area (Å²) in [5, 5.41) is 12.1. The van der Waals surface area contributed by atoms with Gasteiger partial charge in [0.2, 0.25) is 0 Å². The summed E-state index contributed by atoms with van der Waals surface area (Å²) >= 11 is 11.9. The standard InChI is InChI=1S/C17H12Cl2F3N5O/c1-28-15-5-2-10(17(20,21)22)8-14(15)23-7-6-16-24-25-26-27(16)11-3-4-12(18)13(19)9-11/h2-5,7-9H,6H2,1H3. The molecule has 11 heteroatoms. The number of hydrogen-bond acceptors (Lipinski definition) is 5. The third kappa shape index (κ3) is 4.42. The lowest BCUT2D eigenvalue weighted by atomic mass is 10.2. The van der Waals surface area contributed by atoms with Gasteiger partial charge in [-0.15, -0.1) is 5.10 Å². The van der Waals surface area contributed by atoms with Gasteiger partial charge in [-0.05, 0) is 46.8 Å². The van der Waals surface area contributed by atoms with Crippen LogP contribution in [0, 0.1) is 0 Å². The Hall–Kier alpha value is -2.65. The van der Waals surface area contributed by atoms with Gasteiger partial charge in [0.15, 0.2) is 5.82 Å². The highest BCUT2D eigenvalue weighted by atomic mass is 35.5. The van der Waals surface area contributed by atoms with Gasteiger partial charge in [0.1, 0.15) is 11.4 Å². The van der Waals surface area contributed by atoms with Crippen molar-refractivity contribution >= 4 is 35.1 Å². The highest BCUT2D eigenvalue weighted by molar-refractivity contribution is 6.42. The Morgan fingerprint density at radius 3 is 2.61 bits per heavy atom. The first-order valence-electron chi connectivity index (χ1n) is 7.80. The van der Waals surface area contributed by atoms with Crippen LogP contribution in [-0.4, -0.2) is 33.5 Å². The summed E-state index contributed by atoms with van der Waals surface area (Å²) in [6.07, 6.45) is -2.92. The predicted molar refractivity (Wildman–Crippen MR) is 99.0 cm³/mol. The van der Waals surface area contributed by atoms with Gasteiger partial charge >= 0.3 is 6.18 Å². The van der Waals surface area contributed by atoms with Crippen molar-refractivity contribution in [2.24, 2.45) is 4.99 Å². The van der Waals surface area contributed by atoms with Crippen LogP contribution in [0.3, 0.4) is 0 Å². The first-order chi connectivity index (χ1) is 13.3. The molecule has 0 aliphatic heterocycles. The second-order valence-corrected chi connectivity index (χ2v) is 6.32. The van der Waals surface area contributed by atoms with Gasteiger partial charge in [-0.1, -0.05) is 23.2 Å². The maximum absolute atomic E-state index is 12.9. The van der Waals surface area contributed by atoms with Crippen molar-refractivity contribution < 1.29 is 17.9 Å². The zero-order chi connectivity index (χ0) is 20.3. The van der Waals surface area contributed by atoms with Gasteiger partial charge in [0, 0.05) is 12.6 Å². The van der Waals surface area contributed by atoms with E-state index < -0.39 is 11.7 Å². The highest BCUT2D eigenvalue weighted by Gasteiger charge is 2.31. The third-order valence-electron chi connectivity index (χ3n) is 3.69. The van der Waals surface area contributed by atoms with E-state index in [1.807, 2.05) is 0 Å². The number of ether oxygens (including phenoxy) is 1. The molecule has 0 fully saturated rings. The number of aliphatic imine (C=N–C) groups is 1. The number of methoxy groups -OCH3 is 1. The molecule has 1 heterocycles. The monoisotopic (exact) mass is 429 g/mol. The average Bonchev–Trinajstić information content (AvgIpc) is 3.11. The van der Waals surface area contributed by atoms with E-state index >= 15 is 0 Å². The molecule has 0 radical (unpaired) electrons. The number of aromatic nitrogens is 4. The third-order valence-corrected chi connectivity index (χ3v) is 4.43. The van der Waals surface area contributed by atoms with Crippen LogP contribution in [-0.2, 0) is 12.6 Å². The van der Waals surface area contributed by atoms with Crippen LogP contribution in [0.25, 0.3) is 5.69 Å². The number of rotatable bonds is 5. The van der Waals surface area contributed by atoms with Crippen molar-refractivity contribution in [3.63, 3.8) is 0 Å². The van der Waals surface area contributed by atoms with E-state index in [1.165, 1.54) is 24.1 Å². The molecule has 2 aromatic carbocycles. The Morgan fingerprint density at radius 2 is 1.93 bits per heavy atom. The molecule has 0 atom stereocenters. The lowest BCUT2D eigenvalue weighted by molar-refractivity contribution is -0.137. The molecule has 0 saturated heterocycles. The van der Waals surface area contributed by atoms with E-state index in [0.717, 1.165) is 12.1 Å². The molecule has 0 saturated carbocycles. The Morgan fingerprint density at radius 1 is 1.14 bits per heavy atom. The van der Waals surface area contributed by atoms with E-state index in [0.29, 0.717) is 21.6 Å². The maximum Gasteiger partial charge on any atom is 0.416 e. The van der Waals surface area contributed by atoms with Gasteiger partial charge in [-0.25, -0.2) is 0 Å². The van der Waals surface area contributed by atoms with Crippen LogP contribution in [0.5, 0.6) is 5.75 Å². The second kappa shape index (κ2) is 8.15. The lowest BCUT2D eigenvalue weighted by Crippen LogP contribution is -2.05. The molecule has 0 bridgehead atoms. The quantitative estimate of drug-likeness (QED) is 0.538. The lowest BCUT2D eigenvalue weighted by Gasteiger charge is -2.10. The number of halogens is 5. The van der Waals surface area contributed by atoms with Crippen LogP contribution < -0.4 is 4.74 Å². The van der Waals surface area contributed by atoms with E-state index in [2.05, 4.69) is 20.5 Å². The summed E-state index contributed by atoms with van der Waals surface area (Å²) in [5.74, 6) is 0.626. The fourth-order valence-electron chi connectivity index (χ4n) is 2.34. The average molecular weight is 430 g/mol. The number of nitrogens with zero attached hydrogens (tertiary/aromatic N) is 5. The minimum absolute atomic E-state index is 0.0471. The smallest absolute Gasteiger partial charge is 0.416 e. The molecule has 0 aliphatic rings. The van der Waals surface area contributed by atoms with Gasteiger partial charge in [-0.2, -0.15) is 17.9 Å². The number of alkyl halides is 3. The Labute approximate surface area is 167 Å². The molecule has 0 N–H and O–H groups in total. The van der Waals surface area contributed by atoms with Gasteiger partial charge in [0.05, 0.1) is 28.4 Å². The molecule has 3 aromatic rings. The summed E-state index contributed by atoms with van der Waals surface area (Å²) in [5.41, 5.74) is -0.188. The number of hydrogen-bond donors (Lipinski definition) is 0. The minimum atomic E-state index is -4.48. The molecule has 0 aliphatic carbocycles. The topological polar surface area (TPSA) is 65.2 Å². The van der Waals surface area contributed by atoms with Crippen LogP contribution in [0.15, 0.2) is 41.4 Å². The fraction of sp³-hybridized carbons (Fsp3) is 0.176. The molecule has 146 valence electrons.